The highest BCUT2D eigenvalue weighted by Gasteiger charge is 2.30. The highest BCUT2D eigenvalue weighted by atomic mass is 35.5. The summed E-state index contributed by atoms with van der Waals surface area (Å²) in [7, 11) is 0. The molecule has 14 heterocycles. The quantitative estimate of drug-likeness (QED) is 0.0615. The maximum atomic E-state index is 12.9. The number of hydrogen-bond acceptors (Lipinski definition) is 24. The molecule has 14 rings (SSSR count). The summed E-state index contributed by atoms with van der Waals surface area (Å²) in [5, 5.41) is 39.1. The van der Waals surface area contributed by atoms with Gasteiger partial charge < -0.3 is 29.9 Å². The number of nitrogens with zero attached hydrogens (tertiary/aromatic N) is 14. The largest absolute Gasteiger partial charge is 0.506 e. The van der Waals surface area contributed by atoms with Gasteiger partial charge in [-0.2, -0.15) is 0 Å². The molecule has 2 saturated heterocycles. The van der Waals surface area contributed by atoms with Crippen LogP contribution in [0.25, 0.3) is 64.7 Å². The van der Waals surface area contributed by atoms with Gasteiger partial charge in [0.15, 0.2) is 49.4 Å². The van der Waals surface area contributed by atoms with Crippen LogP contribution in [0.3, 0.4) is 0 Å². The molecule has 12 aromatic heterocycles. The highest BCUT2D eigenvalue weighted by Crippen LogP contribution is 2.32. The SMILES string of the molecule is CCOC(=O)c1cn(-c2nccs2)c2nc(N3C[C@H](C)[C@@H](C)C3)ccc2c1=O.C[C@H]1CN(c2ccc3c(=O)c(C(=O)O)cn(-c4nccs4)c3n2)C[C@@H]1C.O=C(O)c1cn(-c2nccs2)c2nc(Cl)ccc2c1=O.O=Cc1c(O)c2ccc(Cl)nc2n(-c2nccs2)c1=O. The van der Waals surface area contributed by atoms with Crippen molar-refractivity contribution in [3.8, 4) is 26.3 Å². The number of aromatic carboxylic acids is 2. The van der Waals surface area contributed by atoms with E-state index in [4.69, 9.17) is 43.0 Å². The number of ether oxygens (including phenoxy) is 1. The van der Waals surface area contributed by atoms with Crippen LogP contribution in [0.4, 0.5) is 11.6 Å². The van der Waals surface area contributed by atoms with Crippen molar-refractivity contribution < 1.29 is 39.2 Å². The predicted octanol–water partition coefficient (Wildman–Crippen LogP) is 9.95. The fraction of sp³-hybridized carbons (Fsp3) is 0.226. The molecule has 2 fully saturated rings. The number of thiazole rings is 4. The maximum absolute atomic E-state index is 12.9. The lowest BCUT2D eigenvalue weighted by molar-refractivity contribution is 0.0523. The molecule has 0 spiro atoms. The van der Waals surface area contributed by atoms with Crippen LogP contribution < -0.4 is 31.6 Å². The van der Waals surface area contributed by atoms with Crippen LogP contribution in [0.2, 0.25) is 10.3 Å². The minimum absolute atomic E-state index is 0.0116. The third-order valence-corrected chi connectivity index (χ3v) is 19.2. The number of esters is 1. The summed E-state index contributed by atoms with van der Waals surface area (Å²) < 4.78 is 11.0. The lowest BCUT2D eigenvalue weighted by Crippen LogP contribution is -2.23. The van der Waals surface area contributed by atoms with E-state index >= 15 is 0 Å². The second-order valence-electron chi connectivity index (χ2n) is 21.6. The average molecular weight is 1380 g/mol. The van der Waals surface area contributed by atoms with Gasteiger partial charge in [0.1, 0.15) is 49.9 Å². The number of carbonyl (C=O) groups is 4. The van der Waals surface area contributed by atoms with Gasteiger partial charge in [0.25, 0.3) is 5.56 Å². The molecule has 12 aromatic rings. The van der Waals surface area contributed by atoms with Crippen LogP contribution in [-0.4, -0.2) is 130 Å². The third kappa shape index (κ3) is 13.1. The number of pyridine rings is 8. The normalized spacial score (nSPS) is 15.9. The number of aldehydes is 1. The van der Waals surface area contributed by atoms with Crippen molar-refractivity contribution in [2.75, 3.05) is 42.6 Å². The molecule has 0 aliphatic carbocycles. The lowest BCUT2D eigenvalue weighted by atomic mass is 10.0. The second kappa shape index (κ2) is 27.7. The minimum Gasteiger partial charge on any atom is -0.506 e. The van der Waals surface area contributed by atoms with Crippen LogP contribution in [0, 0.1) is 23.7 Å². The van der Waals surface area contributed by atoms with Crippen LogP contribution in [0.5, 0.6) is 5.75 Å². The third-order valence-electron chi connectivity index (χ3n) is 15.7. The van der Waals surface area contributed by atoms with Crippen molar-refractivity contribution >= 4 is 149 Å². The molecule has 26 nitrogen and oxygen atoms in total. The van der Waals surface area contributed by atoms with Crippen LogP contribution in [-0.2, 0) is 4.74 Å². The van der Waals surface area contributed by atoms with Crippen molar-refractivity contribution in [2.24, 2.45) is 23.7 Å². The van der Waals surface area contributed by atoms with Gasteiger partial charge in [-0.1, -0.05) is 50.9 Å². The van der Waals surface area contributed by atoms with Gasteiger partial charge in [-0.05, 0) is 79.1 Å². The van der Waals surface area contributed by atoms with E-state index in [-0.39, 0.29) is 72.0 Å². The molecule has 94 heavy (non-hydrogen) atoms. The van der Waals surface area contributed by atoms with Gasteiger partial charge in [0.05, 0.1) is 28.2 Å². The van der Waals surface area contributed by atoms with Gasteiger partial charge in [0.2, 0.25) is 16.3 Å². The first-order chi connectivity index (χ1) is 45.1. The number of halogens is 2. The van der Waals surface area contributed by atoms with E-state index in [0.29, 0.717) is 67.2 Å². The smallest absolute Gasteiger partial charge is 0.343 e. The number of carbonyl (C=O) groups excluding carboxylic acids is 2. The Kier molecular flexibility index (Phi) is 19.3. The Balaban J connectivity index is 0.000000129. The molecular formula is C62H52Cl2N14O12S4. The molecule has 480 valence electrons. The Labute approximate surface area is 556 Å². The summed E-state index contributed by atoms with van der Waals surface area (Å²) in [6.45, 7) is 14.5. The first-order valence-electron chi connectivity index (χ1n) is 28.6. The first kappa shape index (κ1) is 65.5. The highest BCUT2D eigenvalue weighted by molar-refractivity contribution is 7.12. The first-order valence-corrected chi connectivity index (χ1v) is 32.9. The van der Waals surface area contributed by atoms with Crippen LogP contribution in [0.15, 0.2) is 133 Å². The summed E-state index contributed by atoms with van der Waals surface area (Å²) in [6, 6.07) is 12.9. The average Bonchev–Trinajstić information content (AvgIpc) is 1.10. The minimum atomic E-state index is -1.29. The van der Waals surface area contributed by atoms with Gasteiger partial charge in [-0.15, -0.1) is 45.3 Å². The standard InChI is InChI=1S/C20H22N4O3S.C18H18N4O3S.2C12H6ClN3O3S/c1-4-27-19(26)15-11-24(20-21-7-8-28-20)18-14(17(15)25)5-6-16(22-18)23-9-12(2)13(3)10-23;1-10-7-21(8-11(10)2)14-4-3-12-15(23)13(17(24)25)9-22(16(12)20-14)18-19-5-6-26-18;13-8-2-1-6-9(18)7(5-17)11(19)16(10(6)15-8)12-14-3-4-20-12;13-8-2-1-6-9(17)7(11(18)19)5-16(10(6)15-8)12-14-3-4-20-12/h5-8,11-13H,4,9-10H2,1-3H3;3-6,9-11H,7-8H2,1-2H3,(H,24,25);1-5,18H;1-5H,(H,18,19)/t12-,13-;10-,11-;;/m00../s1. The van der Waals surface area contributed by atoms with Crippen LogP contribution in [0.1, 0.15) is 76.1 Å². The summed E-state index contributed by atoms with van der Waals surface area (Å²) in [6.07, 6.45) is 10.8. The molecule has 0 unspecified atom stereocenters. The van der Waals surface area contributed by atoms with E-state index in [0.717, 1.165) is 42.4 Å². The van der Waals surface area contributed by atoms with E-state index in [1.807, 2.05) is 11.4 Å². The summed E-state index contributed by atoms with van der Waals surface area (Å²) in [5.41, 5.74) is -1.78. The Bertz CT molecular complexity index is 5130. The Morgan fingerprint density at radius 3 is 1.28 bits per heavy atom. The monoisotopic (exact) mass is 1380 g/mol. The van der Waals surface area contributed by atoms with E-state index in [1.54, 1.807) is 69.0 Å². The van der Waals surface area contributed by atoms with E-state index < -0.39 is 40.1 Å². The lowest BCUT2D eigenvalue weighted by Gasteiger charge is -2.18. The molecule has 4 atom stereocenters. The van der Waals surface area contributed by atoms with Crippen molar-refractivity contribution in [2.45, 2.75) is 34.6 Å². The van der Waals surface area contributed by atoms with Crippen molar-refractivity contribution in [1.29, 1.82) is 0 Å². The molecule has 2 aliphatic heterocycles. The summed E-state index contributed by atoms with van der Waals surface area (Å²) in [5.74, 6) is 0.355. The fourth-order valence-corrected chi connectivity index (χ4v) is 13.3. The maximum Gasteiger partial charge on any atom is 0.343 e. The topological polar surface area (TPSA) is 336 Å². The molecule has 0 radical (unpaired) electrons. The van der Waals surface area contributed by atoms with Crippen molar-refractivity contribution in [3.63, 3.8) is 0 Å². The zero-order valence-corrected chi connectivity index (χ0v) is 54.8. The Morgan fingerprint density at radius 2 is 0.894 bits per heavy atom. The van der Waals surface area contributed by atoms with Gasteiger partial charge in [-0.25, -0.2) is 58.8 Å². The number of hydrogen-bond donors (Lipinski definition) is 3. The zero-order valence-electron chi connectivity index (χ0n) is 50.1. The van der Waals surface area contributed by atoms with E-state index in [1.165, 1.54) is 99.0 Å². The number of carboxylic acid groups (broad SMARTS) is 2. The molecule has 2 aliphatic rings. The summed E-state index contributed by atoms with van der Waals surface area (Å²) in [4.78, 5) is 135. The molecule has 32 heteroatoms. The van der Waals surface area contributed by atoms with Gasteiger partial charge in [-0.3, -0.25) is 37.7 Å². The Hall–Kier alpha value is -9.98. The number of aromatic nitrogens is 12. The molecular weight excluding hydrogens is 1330 g/mol. The Morgan fingerprint density at radius 1 is 0.532 bits per heavy atom. The number of aromatic hydroxyl groups is 1. The van der Waals surface area contributed by atoms with E-state index in [9.17, 15) is 48.6 Å². The second-order valence-corrected chi connectivity index (χ2v) is 25.9. The predicted molar refractivity (Wildman–Crippen MR) is 360 cm³/mol. The number of anilines is 2. The molecule has 3 N–H and O–H groups in total. The molecule has 0 amide bonds. The fourth-order valence-electron chi connectivity index (χ4n) is 10.5. The van der Waals surface area contributed by atoms with E-state index in [2.05, 4.69) is 67.4 Å². The molecule has 0 saturated carbocycles. The number of rotatable bonds is 11. The van der Waals surface area contributed by atoms with Crippen molar-refractivity contribution in [3.05, 3.63) is 187 Å². The van der Waals surface area contributed by atoms with Crippen molar-refractivity contribution in [1.82, 2.24) is 58.1 Å². The van der Waals surface area contributed by atoms with Gasteiger partial charge in [0, 0.05) is 91.1 Å². The molecule has 0 bridgehead atoms. The van der Waals surface area contributed by atoms with Crippen LogP contribution >= 0.6 is 68.5 Å². The van der Waals surface area contributed by atoms with Gasteiger partial charge >= 0.3 is 17.9 Å². The zero-order chi connectivity index (χ0) is 66.8. The summed E-state index contributed by atoms with van der Waals surface area (Å²) >= 11 is 17.0. The number of carboxylic acids is 2. The molecule has 0 aromatic carbocycles. The number of fused-ring (bicyclic) bond motifs is 4.